The van der Waals surface area contributed by atoms with Crippen molar-refractivity contribution in [3.05, 3.63) is 222 Å². The zero-order chi connectivity index (χ0) is 34.2. The molecule has 0 saturated carbocycles. The van der Waals surface area contributed by atoms with Crippen molar-refractivity contribution in [2.75, 3.05) is 0 Å². The Hall–Kier alpha value is -6.89. The molecule has 0 atom stereocenters. The first-order valence-corrected chi connectivity index (χ1v) is 17.1. The van der Waals surface area contributed by atoms with Crippen molar-refractivity contribution < 1.29 is 0 Å². The van der Waals surface area contributed by atoms with Crippen LogP contribution < -0.4 is 0 Å². The highest BCUT2D eigenvalue weighted by Gasteiger charge is 2.46. The molecule has 0 fully saturated rings. The third-order valence-corrected chi connectivity index (χ3v) is 9.98. The molecule has 0 amide bonds. The van der Waals surface area contributed by atoms with Crippen LogP contribution in [0.2, 0.25) is 0 Å². The van der Waals surface area contributed by atoms with Crippen LogP contribution in [0.4, 0.5) is 5.69 Å². The zero-order valence-corrected chi connectivity index (χ0v) is 27.7. The molecular weight excluding hydrogens is 619 g/mol. The SMILES string of the molecule is [C-]#[N+]c1ccc2c(c1)C(c1ccccc1)(c1ccccc1)c1cccc(-c3cccc(-c4cc(-c5ccccc5)nc(-c5ccccc5)n4)c3)c1-2. The molecule has 0 N–H and O–H groups in total. The Morgan fingerprint density at radius 2 is 0.961 bits per heavy atom. The minimum absolute atomic E-state index is 0.594. The summed E-state index contributed by atoms with van der Waals surface area (Å²) in [7, 11) is 0. The summed E-state index contributed by atoms with van der Waals surface area (Å²) in [4.78, 5) is 14.0. The Kier molecular flexibility index (Phi) is 7.42. The second-order valence-electron chi connectivity index (χ2n) is 12.8. The van der Waals surface area contributed by atoms with Gasteiger partial charge >= 0.3 is 0 Å². The van der Waals surface area contributed by atoms with E-state index in [0.717, 1.165) is 50.3 Å². The Bertz CT molecular complexity index is 2470. The first-order valence-electron chi connectivity index (χ1n) is 17.1. The fourth-order valence-electron chi connectivity index (χ4n) is 7.75. The molecule has 1 heterocycles. The van der Waals surface area contributed by atoms with E-state index in [9.17, 15) is 0 Å². The molecule has 3 nitrogen and oxygen atoms in total. The second-order valence-corrected chi connectivity index (χ2v) is 12.8. The molecule has 238 valence electrons. The molecular formula is C48H31N3. The van der Waals surface area contributed by atoms with E-state index in [1.165, 1.54) is 22.3 Å². The summed E-state index contributed by atoms with van der Waals surface area (Å²) in [6.07, 6.45) is 0. The highest BCUT2D eigenvalue weighted by atomic mass is 14.9. The van der Waals surface area contributed by atoms with Crippen LogP contribution in [0.1, 0.15) is 22.3 Å². The van der Waals surface area contributed by atoms with Crippen LogP contribution in [0, 0.1) is 6.57 Å². The highest BCUT2D eigenvalue weighted by molar-refractivity contribution is 5.96. The number of hydrogen-bond donors (Lipinski definition) is 0. The molecule has 1 aromatic heterocycles. The standard InChI is InChI=1S/C48H31N3/c1-49-39-28-29-41-43(31-39)48(37-22-10-4-11-23-37,38-24-12-5-13-25-38)42-27-15-26-40(46(41)42)35-20-14-21-36(30-35)45-32-44(33-16-6-2-7-17-33)50-47(51-45)34-18-8-3-9-19-34/h2-32H. The lowest BCUT2D eigenvalue weighted by Gasteiger charge is -2.34. The minimum atomic E-state index is -0.594. The van der Waals surface area contributed by atoms with Gasteiger partial charge in [0.05, 0.1) is 23.4 Å². The first-order chi connectivity index (χ1) is 25.2. The number of fused-ring (bicyclic) bond motifs is 3. The van der Waals surface area contributed by atoms with Gasteiger partial charge in [-0.2, -0.15) is 0 Å². The van der Waals surface area contributed by atoms with E-state index in [1.807, 2.05) is 42.5 Å². The van der Waals surface area contributed by atoms with Gasteiger partial charge in [0, 0.05) is 16.7 Å². The average molecular weight is 650 g/mol. The van der Waals surface area contributed by atoms with Crippen LogP contribution in [0.25, 0.3) is 61.0 Å². The molecule has 7 aromatic carbocycles. The molecule has 3 heteroatoms. The number of benzene rings is 7. The molecule has 0 radical (unpaired) electrons. The summed E-state index contributed by atoms with van der Waals surface area (Å²) >= 11 is 0. The maximum Gasteiger partial charge on any atom is 0.187 e. The van der Waals surface area contributed by atoms with Crippen molar-refractivity contribution in [2.24, 2.45) is 0 Å². The molecule has 0 spiro atoms. The molecule has 0 bridgehead atoms. The largest absolute Gasteiger partial charge is 0.238 e. The zero-order valence-electron chi connectivity index (χ0n) is 27.7. The van der Waals surface area contributed by atoms with Crippen molar-refractivity contribution in [1.29, 1.82) is 0 Å². The van der Waals surface area contributed by atoms with E-state index < -0.39 is 5.41 Å². The summed E-state index contributed by atoms with van der Waals surface area (Å²) in [5.74, 6) is 0.693. The summed E-state index contributed by atoms with van der Waals surface area (Å²) < 4.78 is 0. The maximum absolute atomic E-state index is 7.94. The van der Waals surface area contributed by atoms with Crippen LogP contribution >= 0.6 is 0 Å². The third kappa shape index (κ3) is 5.05. The smallest absolute Gasteiger partial charge is 0.187 e. The maximum atomic E-state index is 7.94. The van der Waals surface area contributed by atoms with Crippen LogP contribution in [-0.2, 0) is 5.41 Å². The molecule has 1 aliphatic carbocycles. The fourth-order valence-corrected chi connectivity index (χ4v) is 7.75. The van der Waals surface area contributed by atoms with Crippen molar-refractivity contribution in [1.82, 2.24) is 9.97 Å². The predicted molar refractivity (Wildman–Crippen MR) is 207 cm³/mol. The summed E-state index contributed by atoms with van der Waals surface area (Å²) in [6.45, 7) is 7.94. The van der Waals surface area contributed by atoms with Gasteiger partial charge < -0.3 is 0 Å². The lowest BCUT2D eigenvalue weighted by Crippen LogP contribution is -2.28. The van der Waals surface area contributed by atoms with E-state index in [4.69, 9.17) is 16.5 Å². The van der Waals surface area contributed by atoms with Gasteiger partial charge in [-0.3, -0.25) is 0 Å². The summed E-state index contributed by atoms with van der Waals surface area (Å²) in [6, 6.07) is 65.5. The van der Waals surface area contributed by atoms with E-state index in [-0.39, 0.29) is 0 Å². The van der Waals surface area contributed by atoms with Crippen molar-refractivity contribution in [3.8, 4) is 56.2 Å². The van der Waals surface area contributed by atoms with Crippen LogP contribution in [0.5, 0.6) is 0 Å². The Balaban J connectivity index is 1.27. The van der Waals surface area contributed by atoms with E-state index in [1.54, 1.807) is 0 Å². The predicted octanol–water partition coefficient (Wildman–Crippen LogP) is 12.1. The Morgan fingerprint density at radius 1 is 0.412 bits per heavy atom. The highest BCUT2D eigenvalue weighted by Crippen LogP contribution is 2.59. The average Bonchev–Trinajstić information content (AvgIpc) is 3.52. The van der Waals surface area contributed by atoms with E-state index in [0.29, 0.717) is 11.5 Å². The van der Waals surface area contributed by atoms with E-state index in [2.05, 4.69) is 150 Å². The lowest BCUT2D eigenvalue weighted by molar-refractivity contribution is 0.769. The van der Waals surface area contributed by atoms with Gasteiger partial charge in [-0.25, -0.2) is 14.8 Å². The molecule has 9 rings (SSSR count). The van der Waals surface area contributed by atoms with Crippen molar-refractivity contribution in [3.63, 3.8) is 0 Å². The van der Waals surface area contributed by atoms with Crippen molar-refractivity contribution >= 4 is 5.69 Å². The first kappa shape index (κ1) is 30.2. The van der Waals surface area contributed by atoms with Gasteiger partial charge in [0.2, 0.25) is 0 Å². The minimum Gasteiger partial charge on any atom is -0.238 e. The van der Waals surface area contributed by atoms with Crippen LogP contribution in [0.3, 0.4) is 0 Å². The normalized spacial score (nSPS) is 12.5. The molecule has 0 unspecified atom stereocenters. The molecule has 0 aliphatic heterocycles. The molecule has 8 aromatic rings. The van der Waals surface area contributed by atoms with E-state index >= 15 is 0 Å². The molecule has 1 aliphatic rings. The third-order valence-electron chi connectivity index (χ3n) is 9.98. The fraction of sp³-hybridized carbons (Fsp3) is 0.0208. The lowest BCUT2D eigenvalue weighted by atomic mass is 9.67. The summed E-state index contributed by atoms with van der Waals surface area (Å²) in [5, 5.41) is 0. The Morgan fingerprint density at radius 3 is 1.61 bits per heavy atom. The second kappa shape index (κ2) is 12.5. The van der Waals surface area contributed by atoms with Crippen LogP contribution in [-0.4, -0.2) is 9.97 Å². The number of hydrogen-bond acceptors (Lipinski definition) is 2. The molecule has 51 heavy (non-hydrogen) atoms. The van der Waals surface area contributed by atoms with Gasteiger partial charge in [0.1, 0.15) is 0 Å². The number of rotatable bonds is 6. The van der Waals surface area contributed by atoms with Gasteiger partial charge in [-0.1, -0.05) is 176 Å². The van der Waals surface area contributed by atoms with Crippen LogP contribution in [0.15, 0.2) is 188 Å². The van der Waals surface area contributed by atoms with Gasteiger partial charge in [-0.15, -0.1) is 0 Å². The quantitative estimate of drug-likeness (QED) is 0.168. The molecule has 0 saturated heterocycles. The topological polar surface area (TPSA) is 30.1 Å². The Labute approximate surface area is 298 Å². The van der Waals surface area contributed by atoms with Crippen molar-refractivity contribution in [2.45, 2.75) is 5.41 Å². The van der Waals surface area contributed by atoms with Gasteiger partial charge in [-0.05, 0) is 56.6 Å². The van der Waals surface area contributed by atoms with Gasteiger partial charge in [0.15, 0.2) is 11.5 Å². The monoisotopic (exact) mass is 649 g/mol. The summed E-state index contributed by atoms with van der Waals surface area (Å²) in [5.41, 5.74) is 14.1. The number of nitrogens with zero attached hydrogens (tertiary/aromatic N) is 3. The number of aromatic nitrogens is 2. The van der Waals surface area contributed by atoms with Gasteiger partial charge in [0.25, 0.3) is 0 Å².